The fourth-order valence-corrected chi connectivity index (χ4v) is 2.47. The minimum Gasteiger partial charge on any atom is -0.347 e. The second kappa shape index (κ2) is 5.97. The lowest BCUT2D eigenvalue weighted by Crippen LogP contribution is -2.36. The molecule has 22 heavy (non-hydrogen) atoms. The van der Waals surface area contributed by atoms with Crippen LogP contribution in [0.5, 0.6) is 0 Å². The van der Waals surface area contributed by atoms with E-state index in [4.69, 9.17) is 0 Å². The van der Waals surface area contributed by atoms with Gasteiger partial charge in [-0.3, -0.25) is 19.7 Å². The van der Waals surface area contributed by atoms with E-state index in [2.05, 4.69) is 0 Å². The number of amides is 1. The summed E-state index contributed by atoms with van der Waals surface area (Å²) in [5, 5.41) is 11.6. The molecule has 2 aromatic rings. The average Bonchev–Trinajstić information content (AvgIpc) is 2.49. The second-order valence-corrected chi connectivity index (χ2v) is 5.18. The Labute approximate surface area is 126 Å². The standard InChI is InChI=1S/C15H17N3O4/c1-4-12(15(20)16(2)3)17-9-8-10-11(14(17)19)6-5-7-13(10)18(21)22/h5-9,12H,4H2,1-3H3. The first kappa shape index (κ1) is 15.7. The van der Waals surface area contributed by atoms with Crippen molar-refractivity contribution in [3.63, 3.8) is 0 Å². The number of benzene rings is 1. The Bertz CT molecular complexity index is 795. The number of carbonyl (C=O) groups excluding carboxylic acids is 1. The van der Waals surface area contributed by atoms with Crippen LogP contribution in [0.25, 0.3) is 10.8 Å². The van der Waals surface area contributed by atoms with Gasteiger partial charge in [-0.1, -0.05) is 13.0 Å². The highest BCUT2D eigenvalue weighted by atomic mass is 16.6. The van der Waals surface area contributed by atoms with E-state index in [1.165, 1.54) is 39.9 Å². The van der Waals surface area contributed by atoms with Gasteiger partial charge in [0.1, 0.15) is 6.04 Å². The molecule has 0 aliphatic rings. The van der Waals surface area contributed by atoms with E-state index in [0.29, 0.717) is 6.42 Å². The Kier molecular flexibility index (Phi) is 4.25. The van der Waals surface area contributed by atoms with Crippen LogP contribution in [0.3, 0.4) is 0 Å². The zero-order chi connectivity index (χ0) is 16.4. The van der Waals surface area contributed by atoms with Gasteiger partial charge in [-0.2, -0.15) is 0 Å². The monoisotopic (exact) mass is 303 g/mol. The number of hydrogen-bond acceptors (Lipinski definition) is 4. The third kappa shape index (κ3) is 2.57. The molecule has 0 spiro atoms. The molecule has 0 N–H and O–H groups in total. The van der Waals surface area contributed by atoms with Crippen LogP contribution in [0.1, 0.15) is 19.4 Å². The first-order valence-corrected chi connectivity index (χ1v) is 6.88. The number of non-ortho nitro benzene ring substituents is 1. The van der Waals surface area contributed by atoms with Crippen LogP contribution in [-0.2, 0) is 4.79 Å². The van der Waals surface area contributed by atoms with Crippen molar-refractivity contribution in [2.24, 2.45) is 0 Å². The van der Waals surface area contributed by atoms with E-state index < -0.39 is 16.5 Å². The molecule has 7 heteroatoms. The van der Waals surface area contributed by atoms with E-state index in [1.807, 2.05) is 6.92 Å². The minimum absolute atomic E-state index is 0.117. The van der Waals surface area contributed by atoms with Crippen molar-refractivity contribution in [2.45, 2.75) is 19.4 Å². The van der Waals surface area contributed by atoms with Gasteiger partial charge in [-0.05, 0) is 18.6 Å². The van der Waals surface area contributed by atoms with Gasteiger partial charge in [0.05, 0.1) is 15.7 Å². The van der Waals surface area contributed by atoms with Crippen molar-refractivity contribution < 1.29 is 9.72 Å². The zero-order valence-corrected chi connectivity index (χ0v) is 12.6. The molecule has 0 aliphatic heterocycles. The number of carbonyl (C=O) groups is 1. The molecule has 0 fully saturated rings. The molecular weight excluding hydrogens is 286 g/mol. The summed E-state index contributed by atoms with van der Waals surface area (Å²) in [6.45, 7) is 1.82. The van der Waals surface area contributed by atoms with Crippen molar-refractivity contribution in [1.82, 2.24) is 9.47 Å². The van der Waals surface area contributed by atoms with Crippen molar-refractivity contribution in [3.8, 4) is 0 Å². The van der Waals surface area contributed by atoms with Crippen LogP contribution in [0, 0.1) is 10.1 Å². The molecule has 0 bridgehead atoms. The molecule has 1 aromatic carbocycles. The van der Waals surface area contributed by atoms with Crippen LogP contribution in [0.15, 0.2) is 35.3 Å². The molecule has 1 unspecified atom stereocenters. The maximum Gasteiger partial charge on any atom is 0.277 e. The smallest absolute Gasteiger partial charge is 0.277 e. The van der Waals surface area contributed by atoms with Crippen molar-refractivity contribution in [3.05, 3.63) is 50.9 Å². The van der Waals surface area contributed by atoms with Gasteiger partial charge in [0.25, 0.3) is 11.2 Å². The average molecular weight is 303 g/mol. The summed E-state index contributed by atoms with van der Waals surface area (Å²) in [4.78, 5) is 36.7. The van der Waals surface area contributed by atoms with Crippen molar-refractivity contribution >= 4 is 22.4 Å². The zero-order valence-electron chi connectivity index (χ0n) is 12.6. The van der Waals surface area contributed by atoms with Gasteiger partial charge < -0.3 is 9.47 Å². The first-order valence-electron chi connectivity index (χ1n) is 6.88. The molecule has 0 saturated carbocycles. The Morgan fingerprint density at radius 1 is 1.32 bits per heavy atom. The molecule has 116 valence electrons. The Morgan fingerprint density at radius 2 is 2.00 bits per heavy atom. The number of aromatic nitrogens is 1. The third-order valence-corrected chi connectivity index (χ3v) is 3.59. The molecule has 1 aromatic heterocycles. The van der Waals surface area contributed by atoms with Crippen LogP contribution in [-0.4, -0.2) is 34.4 Å². The first-order chi connectivity index (χ1) is 10.4. The van der Waals surface area contributed by atoms with Gasteiger partial charge in [-0.25, -0.2) is 0 Å². The Balaban J connectivity index is 2.68. The number of nitrogens with zero attached hydrogens (tertiary/aromatic N) is 3. The fraction of sp³-hybridized carbons (Fsp3) is 0.333. The van der Waals surface area contributed by atoms with Crippen LogP contribution < -0.4 is 5.56 Å². The van der Waals surface area contributed by atoms with Crippen LogP contribution in [0.2, 0.25) is 0 Å². The Hall–Kier alpha value is -2.70. The predicted molar refractivity (Wildman–Crippen MR) is 82.9 cm³/mol. The molecule has 1 atom stereocenters. The van der Waals surface area contributed by atoms with Gasteiger partial charge >= 0.3 is 0 Å². The lowest BCUT2D eigenvalue weighted by Gasteiger charge is -2.21. The van der Waals surface area contributed by atoms with E-state index in [-0.39, 0.29) is 22.4 Å². The summed E-state index contributed by atoms with van der Waals surface area (Å²) < 4.78 is 1.34. The van der Waals surface area contributed by atoms with Gasteiger partial charge in [-0.15, -0.1) is 0 Å². The number of likely N-dealkylation sites (N-methyl/N-ethyl adjacent to an activating group) is 1. The molecule has 2 rings (SSSR count). The molecular formula is C15H17N3O4. The van der Waals surface area contributed by atoms with Crippen molar-refractivity contribution in [1.29, 1.82) is 0 Å². The van der Waals surface area contributed by atoms with Crippen molar-refractivity contribution in [2.75, 3.05) is 14.1 Å². The molecule has 0 radical (unpaired) electrons. The second-order valence-electron chi connectivity index (χ2n) is 5.18. The quantitative estimate of drug-likeness (QED) is 0.638. The van der Waals surface area contributed by atoms with E-state index in [1.54, 1.807) is 14.1 Å². The minimum atomic E-state index is -0.619. The third-order valence-electron chi connectivity index (χ3n) is 3.59. The number of rotatable bonds is 4. The number of pyridine rings is 1. The normalized spacial score (nSPS) is 12.1. The maximum atomic E-state index is 12.6. The highest BCUT2D eigenvalue weighted by molar-refractivity contribution is 5.90. The largest absolute Gasteiger partial charge is 0.347 e. The fourth-order valence-electron chi connectivity index (χ4n) is 2.47. The lowest BCUT2D eigenvalue weighted by molar-refractivity contribution is -0.383. The summed E-state index contributed by atoms with van der Waals surface area (Å²) in [6, 6.07) is 5.26. The molecule has 1 heterocycles. The summed E-state index contributed by atoms with van der Waals surface area (Å²) in [5.74, 6) is -0.186. The summed E-state index contributed by atoms with van der Waals surface area (Å²) in [7, 11) is 3.25. The number of fused-ring (bicyclic) bond motifs is 1. The summed E-state index contributed by atoms with van der Waals surface area (Å²) >= 11 is 0. The SMILES string of the molecule is CCC(C(=O)N(C)C)n1ccc2c([N+](=O)[O-])cccc2c1=O. The van der Waals surface area contributed by atoms with E-state index >= 15 is 0 Å². The van der Waals surface area contributed by atoms with Gasteiger partial charge in [0.2, 0.25) is 5.91 Å². The van der Waals surface area contributed by atoms with Crippen LogP contribution >= 0.6 is 0 Å². The Morgan fingerprint density at radius 3 is 2.55 bits per heavy atom. The molecule has 0 aliphatic carbocycles. The number of nitro groups is 1. The molecule has 7 nitrogen and oxygen atoms in total. The topological polar surface area (TPSA) is 85.4 Å². The lowest BCUT2D eigenvalue weighted by atomic mass is 10.1. The highest BCUT2D eigenvalue weighted by Gasteiger charge is 2.23. The molecule has 0 saturated heterocycles. The number of nitro benzene ring substituents is 1. The van der Waals surface area contributed by atoms with Gasteiger partial charge in [0, 0.05) is 26.4 Å². The van der Waals surface area contributed by atoms with E-state index in [9.17, 15) is 19.7 Å². The summed E-state index contributed by atoms with van der Waals surface area (Å²) in [5.41, 5.74) is -0.517. The van der Waals surface area contributed by atoms with E-state index in [0.717, 1.165) is 0 Å². The predicted octanol–water partition coefficient (Wildman–Crippen LogP) is 1.95. The maximum absolute atomic E-state index is 12.6. The van der Waals surface area contributed by atoms with Gasteiger partial charge in [0.15, 0.2) is 0 Å². The van der Waals surface area contributed by atoms with Crippen LogP contribution in [0.4, 0.5) is 5.69 Å². The highest BCUT2D eigenvalue weighted by Crippen LogP contribution is 2.23. The molecule has 1 amide bonds. The number of hydrogen-bond donors (Lipinski definition) is 0. The summed E-state index contributed by atoms with van der Waals surface area (Å²) in [6.07, 6.45) is 1.91.